The summed E-state index contributed by atoms with van der Waals surface area (Å²) < 4.78 is 0. The molecule has 0 saturated heterocycles. The first-order valence-electron chi connectivity index (χ1n) is 5.79. The van der Waals surface area contributed by atoms with Gasteiger partial charge in [0.25, 0.3) is 0 Å². The molecule has 5 heteroatoms. The molecule has 0 bridgehead atoms. The van der Waals surface area contributed by atoms with Crippen LogP contribution in [-0.2, 0) is 0 Å². The SMILES string of the molecule is CN=C(NCCSC)NC(C)c1ccccc1.I. The van der Waals surface area contributed by atoms with E-state index in [1.54, 1.807) is 7.05 Å². The molecule has 0 aliphatic heterocycles. The van der Waals surface area contributed by atoms with Gasteiger partial charge in [0.2, 0.25) is 0 Å². The number of guanidine groups is 1. The topological polar surface area (TPSA) is 36.4 Å². The van der Waals surface area contributed by atoms with Crippen LogP contribution < -0.4 is 10.6 Å². The molecule has 1 aromatic carbocycles. The average Bonchev–Trinajstić information content (AvgIpc) is 2.38. The maximum atomic E-state index is 4.21. The third-order valence-corrected chi connectivity index (χ3v) is 3.09. The maximum Gasteiger partial charge on any atom is 0.191 e. The second kappa shape index (κ2) is 10.5. The van der Waals surface area contributed by atoms with Crippen molar-refractivity contribution in [2.45, 2.75) is 13.0 Å². The highest BCUT2D eigenvalue weighted by Crippen LogP contribution is 2.10. The van der Waals surface area contributed by atoms with E-state index in [0.29, 0.717) is 0 Å². The minimum Gasteiger partial charge on any atom is -0.356 e. The van der Waals surface area contributed by atoms with Gasteiger partial charge in [-0.3, -0.25) is 4.99 Å². The molecule has 0 saturated carbocycles. The number of aliphatic imine (C=N–C) groups is 1. The molecule has 3 nitrogen and oxygen atoms in total. The molecule has 1 unspecified atom stereocenters. The highest BCUT2D eigenvalue weighted by molar-refractivity contribution is 14.0. The first-order valence-corrected chi connectivity index (χ1v) is 7.18. The number of thioether (sulfide) groups is 1. The summed E-state index contributed by atoms with van der Waals surface area (Å²) in [6.45, 7) is 3.07. The zero-order valence-electron chi connectivity index (χ0n) is 11.1. The number of rotatable bonds is 5. The summed E-state index contributed by atoms with van der Waals surface area (Å²) in [5.74, 6) is 1.94. The third kappa shape index (κ3) is 6.49. The van der Waals surface area contributed by atoms with E-state index in [2.05, 4.69) is 53.1 Å². The summed E-state index contributed by atoms with van der Waals surface area (Å²) in [6.07, 6.45) is 2.10. The fourth-order valence-corrected chi connectivity index (χ4v) is 1.80. The molecule has 1 rings (SSSR count). The Morgan fingerprint density at radius 3 is 2.56 bits per heavy atom. The maximum absolute atomic E-state index is 4.21. The molecule has 102 valence electrons. The van der Waals surface area contributed by atoms with Gasteiger partial charge in [-0.05, 0) is 18.7 Å². The molecule has 0 radical (unpaired) electrons. The van der Waals surface area contributed by atoms with Crippen LogP contribution >= 0.6 is 35.7 Å². The van der Waals surface area contributed by atoms with Crippen LogP contribution in [0.15, 0.2) is 35.3 Å². The molecule has 0 aromatic heterocycles. The molecule has 0 spiro atoms. The van der Waals surface area contributed by atoms with Crippen LogP contribution in [0.25, 0.3) is 0 Å². The van der Waals surface area contributed by atoms with Gasteiger partial charge in [0.05, 0.1) is 6.04 Å². The largest absolute Gasteiger partial charge is 0.356 e. The van der Waals surface area contributed by atoms with Gasteiger partial charge in [-0.15, -0.1) is 24.0 Å². The summed E-state index contributed by atoms with van der Waals surface area (Å²) in [6, 6.07) is 10.6. The van der Waals surface area contributed by atoms with Gasteiger partial charge in [0, 0.05) is 19.3 Å². The highest BCUT2D eigenvalue weighted by atomic mass is 127. The van der Waals surface area contributed by atoms with E-state index in [1.807, 2.05) is 17.8 Å². The van der Waals surface area contributed by atoms with Crippen molar-refractivity contribution in [2.75, 3.05) is 25.6 Å². The quantitative estimate of drug-likeness (QED) is 0.358. The Bertz CT molecular complexity index is 343. The van der Waals surface area contributed by atoms with Crippen molar-refractivity contribution >= 4 is 41.7 Å². The van der Waals surface area contributed by atoms with Crippen LogP contribution in [0, 0.1) is 0 Å². The Morgan fingerprint density at radius 1 is 1.33 bits per heavy atom. The molecule has 0 fully saturated rings. The lowest BCUT2D eigenvalue weighted by Crippen LogP contribution is -2.39. The zero-order valence-corrected chi connectivity index (χ0v) is 14.3. The minimum absolute atomic E-state index is 0. The molecular weight excluding hydrogens is 357 g/mol. The molecule has 18 heavy (non-hydrogen) atoms. The van der Waals surface area contributed by atoms with E-state index in [-0.39, 0.29) is 30.0 Å². The van der Waals surface area contributed by atoms with Gasteiger partial charge in [-0.1, -0.05) is 30.3 Å². The fourth-order valence-electron chi connectivity index (χ4n) is 1.50. The minimum atomic E-state index is 0. The highest BCUT2D eigenvalue weighted by Gasteiger charge is 2.06. The molecule has 1 atom stereocenters. The van der Waals surface area contributed by atoms with Crippen LogP contribution in [0.4, 0.5) is 0 Å². The number of hydrogen-bond donors (Lipinski definition) is 2. The van der Waals surface area contributed by atoms with E-state index >= 15 is 0 Å². The molecule has 0 amide bonds. The molecular formula is C13H22IN3S. The summed E-state index contributed by atoms with van der Waals surface area (Å²) in [7, 11) is 1.80. The number of hydrogen-bond acceptors (Lipinski definition) is 2. The van der Waals surface area contributed by atoms with Crippen molar-refractivity contribution in [2.24, 2.45) is 4.99 Å². The van der Waals surface area contributed by atoms with E-state index in [4.69, 9.17) is 0 Å². The third-order valence-electron chi connectivity index (χ3n) is 2.48. The predicted octanol–water partition coefficient (Wildman–Crippen LogP) is 2.89. The van der Waals surface area contributed by atoms with Gasteiger partial charge in [-0.25, -0.2) is 0 Å². The first kappa shape index (κ1) is 17.6. The van der Waals surface area contributed by atoms with E-state index in [9.17, 15) is 0 Å². The molecule has 2 N–H and O–H groups in total. The van der Waals surface area contributed by atoms with Gasteiger partial charge < -0.3 is 10.6 Å². The van der Waals surface area contributed by atoms with E-state index in [1.165, 1.54) is 5.56 Å². The van der Waals surface area contributed by atoms with Crippen LogP contribution in [0.1, 0.15) is 18.5 Å². The Hall–Kier alpha value is -0.430. The van der Waals surface area contributed by atoms with Crippen LogP contribution in [-0.4, -0.2) is 31.6 Å². The first-order chi connectivity index (χ1) is 8.27. The second-order valence-corrected chi connectivity index (χ2v) is 4.75. The van der Waals surface area contributed by atoms with Crippen LogP contribution in [0.3, 0.4) is 0 Å². The number of nitrogens with zero attached hydrogens (tertiary/aromatic N) is 1. The molecule has 0 aliphatic carbocycles. The molecule has 1 aromatic rings. The van der Waals surface area contributed by atoms with Gasteiger partial charge in [0.1, 0.15) is 0 Å². The monoisotopic (exact) mass is 379 g/mol. The van der Waals surface area contributed by atoms with Crippen molar-refractivity contribution in [3.63, 3.8) is 0 Å². The Balaban J connectivity index is 0.00000289. The van der Waals surface area contributed by atoms with Crippen molar-refractivity contribution in [3.05, 3.63) is 35.9 Å². The number of halogens is 1. The Labute approximate surface area is 131 Å². The Morgan fingerprint density at radius 2 is 2.00 bits per heavy atom. The molecule has 0 aliphatic rings. The normalized spacial score (nSPS) is 12.5. The van der Waals surface area contributed by atoms with Gasteiger partial charge in [0.15, 0.2) is 5.96 Å². The fraction of sp³-hybridized carbons (Fsp3) is 0.462. The lowest BCUT2D eigenvalue weighted by Gasteiger charge is -2.18. The smallest absolute Gasteiger partial charge is 0.191 e. The standard InChI is InChI=1S/C13H21N3S.HI/c1-11(12-7-5-4-6-8-12)16-13(14-2)15-9-10-17-3;/h4-8,11H,9-10H2,1-3H3,(H2,14,15,16);1H. The Kier molecular flexibility index (Phi) is 10.2. The van der Waals surface area contributed by atoms with E-state index < -0.39 is 0 Å². The van der Waals surface area contributed by atoms with Crippen molar-refractivity contribution < 1.29 is 0 Å². The number of nitrogens with one attached hydrogen (secondary N) is 2. The van der Waals surface area contributed by atoms with E-state index in [0.717, 1.165) is 18.3 Å². The summed E-state index contributed by atoms with van der Waals surface area (Å²) >= 11 is 1.82. The summed E-state index contributed by atoms with van der Waals surface area (Å²) in [5.41, 5.74) is 1.26. The summed E-state index contributed by atoms with van der Waals surface area (Å²) in [5, 5.41) is 6.66. The molecule has 0 heterocycles. The van der Waals surface area contributed by atoms with Crippen LogP contribution in [0.2, 0.25) is 0 Å². The summed E-state index contributed by atoms with van der Waals surface area (Å²) in [4.78, 5) is 4.21. The average molecular weight is 379 g/mol. The van der Waals surface area contributed by atoms with Crippen molar-refractivity contribution in [1.29, 1.82) is 0 Å². The van der Waals surface area contributed by atoms with Crippen molar-refractivity contribution in [1.82, 2.24) is 10.6 Å². The second-order valence-electron chi connectivity index (χ2n) is 3.77. The van der Waals surface area contributed by atoms with Crippen LogP contribution in [0.5, 0.6) is 0 Å². The lowest BCUT2D eigenvalue weighted by molar-refractivity contribution is 0.691. The number of benzene rings is 1. The van der Waals surface area contributed by atoms with Gasteiger partial charge in [-0.2, -0.15) is 11.8 Å². The van der Waals surface area contributed by atoms with Gasteiger partial charge >= 0.3 is 0 Å². The lowest BCUT2D eigenvalue weighted by atomic mass is 10.1. The zero-order chi connectivity index (χ0) is 12.5. The predicted molar refractivity (Wildman–Crippen MR) is 93.2 cm³/mol. The van der Waals surface area contributed by atoms with Crippen molar-refractivity contribution in [3.8, 4) is 0 Å².